The Kier molecular flexibility index (Phi) is 7.95. The summed E-state index contributed by atoms with van der Waals surface area (Å²) in [5, 5.41) is 6.96. The summed E-state index contributed by atoms with van der Waals surface area (Å²) in [6.07, 6.45) is 2.61. The maximum absolute atomic E-state index is 5.57. The van der Waals surface area contributed by atoms with Crippen molar-refractivity contribution in [2.75, 3.05) is 27.9 Å². The minimum absolute atomic E-state index is 0.543. The molecule has 4 aromatic rings. The SMILES string of the molecule is COc1cc(-c2csc(=NCCc3ccccc3)n2N=C(C)c2ccccn2)cc(OC)c1OC. The van der Waals surface area contributed by atoms with Gasteiger partial charge in [0.25, 0.3) is 0 Å². The highest BCUT2D eigenvalue weighted by Crippen LogP contribution is 2.41. The molecule has 0 aliphatic heterocycles. The topological polar surface area (TPSA) is 70.2 Å². The third-order valence-corrected chi connectivity index (χ3v) is 6.28. The second kappa shape index (κ2) is 11.5. The predicted octanol–water partition coefficient (Wildman–Crippen LogP) is 5.05. The number of hydrogen-bond donors (Lipinski definition) is 0. The molecule has 0 saturated carbocycles. The maximum atomic E-state index is 5.57. The zero-order valence-electron chi connectivity index (χ0n) is 20.3. The van der Waals surface area contributed by atoms with E-state index in [4.69, 9.17) is 24.3 Å². The van der Waals surface area contributed by atoms with Crippen LogP contribution in [0.3, 0.4) is 0 Å². The molecule has 0 N–H and O–H groups in total. The van der Waals surface area contributed by atoms with Crippen molar-refractivity contribution in [3.05, 3.63) is 88.3 Å². The molecule has 2 aromatic carbocycles. The fourth-order valence-corrected chi connectivity index (χ4v) is 4.49. The third-order valence-electron chi connectivity index (χ3n) is 5.42. The molecular formula is C27H28N4O3S. The third kappa shape index (κ3) is 5.60. The molecule has 0 aliphatic rings. The Morgan fingerprint density at radius 1 is 0.943 bits per heavy atom. The van der Waals surface area contributed by atoms with Gasteiger partial charge in [0.15, 0.2) is 11.5 Å². The zero-order valence-corrected chi connectivity index (χ0v) is 21.1. The highest BCUT2D eigenvalue weighted by molar-refractivity contribution is 7.07. The molecule has 0 radical (unpaired) electrons. The van der Waals surface area contributed by atoms with Crippen LogP contribution in [0.2, 0.25) is 0 Å². The number of hydrogen-bond acceptors (Lipinski definition) is 7. The van der Waals surface area contributed by atoms with Gasteiger partial charge in [-0.3, -0.25) is 9.98 Å². The Balaban J connectivity index is 1.81. The van der Waals surface area contributed by atoms with Crippen LogP contribution in [0, 0.1) is 0 Å². The molecule has 0 unspecified atom stereocenters. The van der Waals surface area contributed by atoms with E-state index in [9.17, 15) is 0 Å². The summed E-state index contributed by atoms with van der Waals surface area (Å²) >= 11 is 1.54. The first-order valence-electron chi connectivity index (χ1n) is 11.2. The Labute approximate surface area is 209 Å². The summed E-state index contributed by atoms with van der Waals surface area (Å²) in [5.41, 5.74) is 4.57. The van der Waals surface area contributed by atoms with E-state index in [1.54, 1.807) is 27.5 Å². The predicted molar refractivity (Wildman–Crippen MR) is 140 cm³/mol. The maximum Gasteiger partial charge on any atom is 0.206 e. The van der Waals surface area contributed by atoms with E-state index in [0.29, 0.717) is 23.8 Å². The normalized spacial score (nSPS) is 12.0. The van der Waals surface area contributed by atoms with E-state index in [2.05, 4.69) is 17.1 Å². The van der Waals surface area contributed by atoms with Gasteiger partial charge in [-0.15, -0.1) is 11.3 Å². The van der Waals surface area contributed by atoms with Gasteiger partial charge < -0.3 is 14.2 Å². The average Bonchev–Trinajstić information content (AvgIpc) is 3.30. The van der Waals surface area contributed by atoms with Gasteiger partial charge in [-0.2, -0.15) is 5.10 Å². The van der Waals surface area contributed by atoms with Crippen molar-refractivity contribution in [1.29, 1.82) is 0 Å². The molecule has 35 heavy (non-hydrogen) atoms. The lowest BCUT2D eigenvalue weighted by Crippen LogP contribution is -2.15. The molecule has 2 aromatic heterocycles. The minimum Gasteiger partial charge on any atom is -0.493 e. The van der Waals surface area contributed by atoms with Crippen molar-refractivity contribution < 1.29 is 14.2 Å². The van der Waals surface area contributed by atoms with Crippen LogP contribution < -0.4 is 19.0 Å². The fourth-order valence-electron chi connectivity index (χ4n) is 3.63. The van der Waals surface area contributed by atoms with E-state index >= 15 is 0 Å². The molecule has 0 bridgehead atoms. The standard InChI is InChI=1S/C27H28N4O3S/c1-19(22-12-8-9-14-28-22)30-31-23(21-16-24(32-2)26(34-4)25(17-21)33-3)18-35-27(31)29-15-13-20-10-6-5-7-11-20/h5-12,14,16-18H,13,15H2,1-4H3. The lowest BCUT2D eigenvalue weighted by molar-refractivity contribution is 0.324. The highest BCUT2D eigenvalue weighted by Gasteiger charge is 2.17. The molecule has 7 nitrogen and oxygen atoms in total. The smallest absolute Gasteiger partial charge is 0.206 e. The molecule has 0 fully saturated rings. The largest absolute Gasteiger partial charge is 0.493 e. The van der Waals surface area contributed by atoms with E-state index in [-0.39, 0.29) is 0 Å². The molecule has 8 heteroatoms. The summed E-state index contributed by atoms with van der Waals surface area (Å²) in [4.78, 5) is 10.1. The molecular weight excluding hydrogens is 460 g/mol. The quantitative estimate of drug-likeness (QED) is 0.309. The summed E-state index contributed by atoms with van der Waals surface area (Å²) in [7, 11) is 4.81. The van der Waals surface area contributed by atoms with Crippen LogP contribution in [0.5, 0.6) is 17.2 Å². The van der Waals surface area contributed by atoms with Gasteiger partial charge >= 0.3 is 0 Å². The zero-order chi connectivity index (χ0) is 24.6. The average molecular weight is 489 g/mol. The number of nitrogens with zero attached hydrogens (tertiary/aromatic N) is 4. The van der Waals surface area contributed by atoms with Crippen molar-refractivity contribution >= 4 is 17.0 Å². The van der Waals surface area contributed by atoms with Crippen molar-refractivity contribution in [3.63, 3.8) is 0 Å². The number of thiazole rings is 1. The lowest BCUT2D eigenvalue weighted by Gasteiger charge is -2.14. The highest BCUT2D eigenvalue weighted by atomic mass is 32.1. The molecule has 0 amide bonds. The van der Waals surface area contributed by atoms with E-state index in [1.807, 2.05) is 65.5 Å². The Morgan fingerprint density at radius 2 is 1.66 bits per heavy atom. The first-order chi connectivity index (χ1) is 17.1. The molecule has 180 valence electrons. The number of rotatable bonds is 9. The number of benzene rings is 2. The van der Waals surface area contributed by atoms with Crippen molar-refractivity contribution in [2.24, 2.45) is 10.1 Å². The van der Waals surface area contributed by atoms with Crippen molar-refractivity contribution in [3.8, 4) is 28.5 Å². The summed E-state index contributed by atoms with van der Waals surface area (Å²) in [5.74, 6) is 1.70. The molecule has 0 spiro atoms. The second-order valence-corrected chi connectivity index (χ2v) is 8.48. The second-order valence-electron chi connectivity index (χ2n) is 7.65. The summed E-state index contributed by atoms with van der Waals surface area (Å²) < 4.78 is 18.5. The number of aromatic nitrogens is 2. The van der Waals surface area contributed by atoms with Crippen LogP contribution in [0.1, 0.15) is 18.2 Å². The summed E-state index contributed by atoms with van der Waals surface area (Å²) in [6, 6.07) is 20.0. The Morgan fingerprint density at radius 3 is 2.29 bits per heavy atom. The van der Waals surface area contributed by atoms with Crippen molar-refractivity contribution in [2.45, 2.75) is 13.3 Å². The van der Waals surface area contributed by atoms with Crippen LogP contribution in [0.25, 0.3) is 11.3 Å². The van der Waals surface area contributed by atoms with Crippen LogP contribution in [0.4, 0.5) is 0 Å². The van der Waals surface area contributed by atoms with Crippen LogP contribution in [-0.2, 0) is 6.42 Å². The van der Waals surface area contributed by atoms with Crippen LogP contribution >= 0.6 is 11.3 Å². The van der Waals surface area contributed by atoms with Crippen LogP contribution in [-0.4, -0.2) is 43.2 Å². The first-order valence-corrected chi connectivity index (χ1v) is 12.0. The molecule has 0 atom stereocenters. The van der Waals surface area contributed by atoms with Gasteiger partial charge in [0, 0.05) is 23.7 Å². The van der Waals surface area contributed by atoms with Gasteiger partial charge in [-0.05, 0) is 43.2 Å². The van der Waals surface area contributed by atoms with E-state index < -0.39 is 0 Å². The van der Waals surface area contributed by atoms with Crippen molar-refractivity contribution in [1.82, 2.24) is 9.66 Å². The molecule has 0 aliphatic carbocycles. The Bertz CT molecular complexity index is 1340. The monoisotopic (exact) mass is 488 g/mol. The molecule has 0 saturated heterocycles. The van der Waals surface area contributed by atoms with E-state index in [0.717, 1.165) is 33.9 Å². The Hall–Kier alpha value is -3.91. The fraction of sp³-hybridized carbons (Fsp3) is 0.222. The number of methoxy groups -OCH3 is 3. The first kappa shape index (κ1) is 24.2. The van der Waals surface area contributed by atoms with Gasteiger partial charge in [-0.1, -0.05) is 36.4 Å². The minimum atomic E-state index is 0.543. The van der Waals surface area contributed by atoms with Gasteiger partial charge in [0.05, 0.1) is 38.4 Å². The number of ether oxygens (including phenoxy) is 3. The van der Waals surface area contributed by atoms with Crippen LogP contribution in [0.15, 0.2) is 82.3 Å². The van der Waals surface area contributed by atoms with Gasteiger partial charge in [0.1, 0.15) is 0 Å². The lowest BCUT2D eigenvalue weighted by atomic mass is 10.1. The number of pyridine rings is 1. The molecule has 2 heterocycles. The van der Waals surface area contributed by atoms with Gasteiger partial charge in [0.2, 0.25) is 10.6 Å². The van der Waals surface area contributed by atoms with E-state index in [1.165, 1.54) is 16.9 Å². The molecule has 4 rings (SSSR count). The summed E-state index contributed by atoms with van der Waals surface area (Å²) in [6.45, 7) is 2.59. The van der Waals surface area contributed by atoms with Gasteiger partial charge in [-0.25, -0.2) is 4.68 Å².